The van der Waals surface area contributed by atoms with E-state index in [-0.39, 0.29) is 11.6 Å². The van der Waals surface area contributed by atoms with Crippen LogP contribution in [0.4, 0.5) is 19.0 Å². The molecule has 0 unspecified atom stereocenters. The Kier molecular flexibility index (Phi) is 2.90. The van der Waals surface area contributed by atoms with Crippen LogP contribution in [0.2, 0.25) is 0 Å². The van der Waals surface area contributed by atoms with E-state index in [1.807, 2.05) is 4.90 Å². The first-order valence-corrected chi connectivity index (χ1v) is 6.19. The van der Waals surface area contributed by atoms with Crippen molar-refractivity contribution in [2.75, 3.05) is 24.5 Å². The number of hydrogen-bond acceptors (Lipinski definition) is 4. The number of alkyl halides is 3. The Morgan fingerprint density at radius 3 is 2.95 bits per heavy atom. The third-order valence-electron chi connectivity index (χ3n) is 3.70. The molecule has 2 atom stereocenters. The highest BCUT2D eigenvalue weighted by Crippen LogP contribution is 2.39. The van der Waals surface area contributed by atoms with Crippen molar-refractivity contribution in [3.8, 4) is 0 Å². The number of rotatable bonds is 0. The van der Waals surface area contributed by atoms with E-state index in [4.69, 9.17) is 0 Å². The summed E-state index contributed by atoms with van der Waals surface area (Å²) in [5.74, 6) is 0.484. The lowest BCUT2D eigenvalue weighted by molar-refractivity contribution is -0.137. The fourth-order valence-electron chi connectivity index (χ4n) is 2.75. The van der Waals surface area contributed by atoms with Crippen molar-refractivity contribution in [1.82, 2.24) is 10.3 Å². The van der Waals surface area contributed by atoms with Gasteiger partial charge in [0.05, 0.1) is 11.7 Å². The number of nitrogens with zero attached hydrogens (tertiary/aromatic N) is 2. The number of fused-ring (bicyclic) bond motifs is 3. The zero-order valence-electron chi connectivity index (χ0n) is 10.1. The maximum atomic E-state index is 12.7. The predicted molar refractivity (Wildman–Crippen MR) is 62.8 cm³/mol. The van der Waals surface area contributed by atoms with Crippen molar-refractivity contribution < 1.29 is 18.3 Å². The van der Waals surface area contributed by atoms with Crippen molar-refractivity contribution in [2.24, 2.45) is 0 Å². The van der Waals surface area contributed by atoms with Crippen LogP contribution in [0.15, 0.2) is 12.3 Å². The van der Waals surface area contributed by atoms with Gasteiger partial charge in [0, 0.05) is 37.4 Å². The average molecular weight is 273 g/mol. The highest BCUT2D eigenvalue weighted by atomic mass is 19.4. The Labute approximate surface area is 108 Å². The Morgan fingerprint density at radius 2 is 2.21 bits per heavy atom. The molecule has 7 heteroatoms. The minimum Gasteiger partial charge on any atom is -0.388 e. The fourth-order valence-corrected chi connectivity index (χ4v) is 2.75. The monoisotopic (exact) mass is 273 g/mol. The number of piperazine rings is 1. The van der Waals surface area contributed by atoms with Gasteiger partial charge in [-0.15, -0.1) is 0 Å². The Hall–Kier alpha value is -1.34. The SMILES string of the molecule is O[C@H]1C[C@H]2CNCCN2c2ncc(C(F)(F)F)cc21. The molecule has 1 fully saturated rings. The molecule has 0 saturated carbocycles. The summed E-state index contributed by atoms with van der Waals surface area (Å²) in [6.45, 7) is 2.19. The van der Waals surface area contributed by atoms with E-state index in [9.17, 15) is 18.3 Å². The molecular formula is C12H14F3N3O. The molecule has 2 N–H and O–H groups in total. The molecule has 1 aromatic rings. The molecule has 0 spiro atoms. The normalized spacial score (nSPS) is 26.8. The number of aliphatic hydroxyl groups is 1. The quantitative estimate of drug-likeness (QED) is 0.748. The summed E-state index contributed by atoms with van der Waals surface area (Å²) in [4.78, 5) is 5.92. The van der Waals surface area contributed by atoms with Crippen LogP contribution in [0.5, 0.6) is 0 Å². The number of hydrogen-bond donors (Lipinski definition) is 2. The minimum atomic E-state index is -4.43. The van der Waals surface area contributed by atoms with E-state index in [1.165, 1.54) is 0 Å². The van der Waals surface area contributed by atoms with Crippen LogP contribution in [-0.2, 0) is 6.18 Å². The molecule has 3 heterocycles. The standard InChI is InChI=1S/C12H14F3N3O/c13-12(14,15)7-3-9-10(19)4-8-6-16-1-2-18(8)11(9)17-5-7/h3,5,8,10,16,19H,1-2,4,6H2/t8-,10-/m0/s1. The molecule has 1 saturated heterocycles. The number of nitrogens with one attached hydrogen (secondary N) is 1. The maximum absolute atomic E-state index is 12.7. The highest BCUT2D eigenvalue weighted by molar-refractivity contribution is 5.53. The number of aromatic nitrogens is 1. The Bertz CT molecular complexity index is 492. The molecule has 3 rings (SSSR count). The highest BCUT2D eigenvalue weighted by Gasteiger charge is 2.37. The second kappa shape index (κ2) is 4.35. The molecule has 1 aromatic heterocycles. The zero-order valence-corrected chi connectivity index (χ0v) is 10.1. The van der Waals surface area contributed by atoms with E-state index in [0.29, 0.717) is 18.8 Å². The molecule has 2 aliphatic rings. The first-order chi connectivity index (χ1) is 8.97. The lowest BCUT2D eigenvalue weighted by Gasteiger charge is -2.43. The molecular weight excluding hydrogens is 259 g/mol. The lowest BCUT2D eigenvalue weighted by Crippen LogP contribution is -2.54. The van der Waals surface area contributed by atoms with Crippen molar-refractivity contribution in [3.05, 3.63) is 23.4 Å². The van der Waals surface area contributed by atoms with E-state index in [2.05, 4.69) is 10.3 Å². The van der Waals surface area contributed by atoms with Gasteiger partial charge in [0.15, 0.2) is 0 Å². The van der Waals surface area contributed by atoms with Crippen molar-refractivity contribution >= 4 is 5.82 Å². The van der Waals surface area contributed by atoms with E-state index in [1.54, 1.807) is 0 Å². The van der Waals surface area contributed by atoms with E-state index < -0.39 is 17.8 Å². The maximum Gasteiger partial charge on any atom is 0.417 e. The van der Waals surface area contributed by atoms with Gasteiger partial charge in [-0.2, -0.15) is 13.2 Å². The van der Waals surface area contributed by atoms with Gasteiger partial charge in [0.25, 0.3) is 0 Å². The molecule has 2 aliphatic heterocycles. The van der Waals surface area contributed by atoms with Crippen LogP contribution in [0.1, 0.15) is 23.7 Å². The smallest absolute Gasteiger partial charge is 0.388 e. The largest absolute Gasteiger partial charge is 0.417 e. The molecule has 0 aromatic carbocycles. The lowest BCUT2D eigenvalue weighted by atomic mass is 9.93. The van der Waals surface area contributed by atoms with E-state index in [0.717, 1.165) is 25.4 Å². The Balaban J connectivity index is 2.02. The topological polar surface area (TPSA) is 48.4 Å². The molecule has 0 aliphatic carbocycles. The summed E-state index contributed by atoms with van der Waals surface area (Å²) < 4.78 is 38.0. The van der Waals surface area contributed by atoms with Gasteiger partial charge in [-0.3, -0.25) is 0 Å². The first-order valence-electron chi connectivity index (χ1n) is 6.19. The van der Waals surface area contributed by atoms with Crippen LogP contribution in [-0.4, -0.2) is 35.8 Å². The third-order valence-corrected chi connectivity index (χ3v) is 3.70. The van der Waals surface area contributed by atoms with Gasteiger partial charge < -0.3 is 15.3 Å². The fraction of sp³-hybridized carbons (Fsp3) is 0.583. The minimum absolute atomic E-state index is 0.0977. The molecule has 0 amide bonds. The molecule has 0 radical (unpaired) electrons. The van der Waals surface area contributed by atoms with Crippen molar-refractivity contribution in [1.29, 1.82) is 0 Å². The van der Waals surface area contributed by atoms with Crippen LogP contribution in [0.3, 0.4) is 0 Å². The number of anilines is 1. The molecule has 4 nitrogen and oxygen atoms in total. The summed E-state index contributed by atoms with van der Waals surface area (Å²) in [6.07, 6.45) is -4.04. The third kappa shape index (κ3) is 2.17. The van der Waals surface area contributed by atoms with Gasteiger partial charge >= 0.3 is 6.18 Å². The summed E-state index contributed by atoms with van der Waals surface area (Å²) in [7, 11) is 0. The van der Waals surface area contributed by atoms with Gasteiger partial charge in [-0.1, -0.05) is 0 Å². The van der Waals surface area contributed by atoms with Gasteiger partial charge in [-0.05, 0) is 12.5 Å². The number of pyridine rings is 1. The van der Waals surface area contributed by atoms with Crippen LogP contribution < -0.4 is 10.2 Å². The second-order valence-electron chi connectivity index (χ2n) is 4.94. The number of halogens is 3. The first kappa shape index (κ1) is 12.7. The average Bonchev–Trinajstić information content (AvgIpc) is 2.37. The molecule has 104 valence electrons. The van der Waals surface area contributed by atoms with Crippen molar-refractivity contribution in [3.63, 3.8) is 0 Å². The van der Waals surface area contributed by atoms with Crippen LogP contribution in [0, 0.1) is 0 Å². The summed E-state index contributed by atoms with van der Waals surface area (Å²) in [6, 6.07) is 1.12. The van der Waals surface area contributed by atoms with Gasteiger partial charge in [0.2, 0.25) is 0 Å². The number of aliphatic hydroxyl groups excluding tert-OH is 1. The van der Waals surface area contributed by atoms with Gasteiger partial charge in [0.1, 0.15) is 5.82 Å². The molecule has 19 heavy (non-hydrogen) atoms. The predicted octanol–water partition coefficient (Wildman–Crippen LogP) is 1.32. The summed E-state index contributed by atoms with van der Waals surface area (Å²) in [5, 5.41) is 13.2. The summed E-state index contributed by atoms with van der Waals surface area (Å²) in [5.41, 5.74) is -0.521. The second-order valence-corrected chi connectivity index (χ2v) is 4.94. The van der Waals surface area contributed by atoms with Crippen molar-refractivity contribution in [2.45, 2.75) is 24.7 Å². The van der Waals surface area contributed by atoms with Crippen LogP contribution >= 0.6 is 0 Å². The van der Waals surface area contributed by atoms with Gasteiger partial charge in [-0.25, -0.2) is 4.98 Å². The zero-order chi connectivity index (χ0) is 13.6. The Morgan fingerprint density at radius 1 is 1.42 bits per heavy atom. The van der Waals surface area contributed by atoms with Crippen LogP contribution in [0.25, 0.3) is 0 Å². The molecule has 0 bridgehead atoms. The summed E-state index contributed by atoms with van der Waals surface area (Å²) >= 11 is 0. The van der Waals surface area contributed by atoms with E-state index >= 15 is 0 Å².